The second-order valence-electron chi connectivity index (χ2n) is 5.10. The van der Waals surface area contributed by atoms with Crippen molar-refractivity contribution in [2.45, 2.75) is 26.9 Å². The predicted molar refractivity (Wildman–Crippen MR) is 78.6 cm³/mol. The molecule has 0 fully saturated rings. The lowest BCUT2D eigenvalue weighted by molar-refractivity contribution is 0.0696. The Morgan fingerprint density at radius 2 is 1.95 bits per heavy atom. The Morgan fingerprint density at radius 1 is 1.24 bits per heavy atom. The van der Waals surface area contributed by atoms with Gasteiger partial charge in [0, 0.05) is 13.1 Å². The molecule has 2 heterocycles. The van der Waals surface area contributed by atoms with E-state index in [2.05, 4.69) is 4.98 Å². The molecule has 1 aromatic heterocycles. The molecule has 0 atom stereocenters. The van der Waals surface area contributed by atoms with E-state index in [1.807, 2.05) is 13.8 Å². The SMILES string of the molecule is Cc1nc(C)c(C(=O)N2Cc3ccc(C(=O)O)cc3C2)s1. The summed E-state index contributed by atoms with van der Waals surface area (Å²) < 4.78 is 0. The summed E-state index contributed by atoms with van der Waals surface area (Å²) in [7, 11) is 0. The van der Waals surface area contributed by atoms with Gasteiger partial charge >= 0.3 is 5.97 Å². The molecule has 0 bridgehead atoms. The van der Waals surface area contributed by atoms with Gasteiger partial charge in [-0.3, -0.25) is 4.79 Å². The van der Waals surface area contributed by atoms with Crippen LogP contribution in [0.15, 0.2) is 18.2 Å². The molecule has 21 heavy (non-hydrogen) atoms. The Kier molecular flexibility index (Phi) is 3.25. The highest BCUT2D eigenvalue weighted by molar-refractivity contribution is 7.13. The average molecular weight is 302 g/mol. The molecule has 3 rings (SSSR count). The molecule has 0 radical (unpaired) electrons. The summed E-state index contributed by atoms with van der Waals surface area (Å²) in [5.74, 6) is -0.984. The first-order chi connectivity index (χ1) is 9.95. The zero-order valence-corrected chi connectivity index (χ0v) is 12.5. The van der Waals surface area contributed by atoms with Crippen molar-refractivity contribution >= 4 is 23.2 Å². The summed E-state index contributed by atoms with van der Waals surface area (Å²) in [5.41, 5.74) is 2.92. The lowest BCUT2D eigenvalue weighted by Gasteiger charge is -2.14. The van der Waals surface area contributed by atoms with Crippen molar-refractivity contribution in [3.8, 4) is 0 Å². The molecule has 1 aliphatic heterocycles. The van der Waals surface area contributed by atoms with Crippen LogP contribution < -0.4 is 0 Å². The molecule has 0 saturated heterocycles. The molecular weight excluding hydrogens is 288 g/mol. The largest absolute Gasteiger partial charge is 0.478 e. The summed E-state index contributed by atoms with van der Waals surface area (Å²) in [6, 6.07) is 5.02. The van der Waals surface area contributed by atoms with Gasteiger partial charge in [-0.05, 0) is 37.1 Å². The minimum absolute atomic E-state index is 0.0359. The van der Waals surface area contributed by atoms with E-state index < -0.39 is 5.97 Å². The standard InChI is InChI=1S/C15H14N2O3S/c1-8-13(21-9(2)16-8)14(18)17-6-11-4-3-10(15(19)20)5-12(11)7-17/h3-5H,6-7H2,1-2H3,(H,19,20). The van der Waals surface area contributed by atoms with E-state index in [1.54, 1.807) is 23.1 Å². The van der Waals surface area contributed by atoms with Crippen molar-refractivity contribution in [1.29, 1.82) is 0 Å². The molecule has 0 spiro atoms. The van der Waals surface area contributed by atoms with Crippen molar-refractivity contribution in [2.24, 2.45) is 0 Å². The van der Waals surface area contributed by atoms with Crippen LogP contribution in [0, 0.1) is 13.8 Å². The minimum atomic E-state index is -0.948. The minimum Gasteiger partial charge on any atom is -0.478 e. The fourth-order valence-electron chi connectivity index (χ4n) is 2.54. The fourth-order valence-corrected chi connectivity index (χ4v) is 3.43. The number of aromatic carboxylic acids is 1. The smallest absolute Gasteiger partial charge is 0.335 e. The number of carboxylic acid groups (broad SMARTS) is 1. The van der Waals surface area contributed by atoms with Crippen LogP contribution in [-0.4, -0.2) is 26.9 Å². The Balaban J connectivity index is 1.86. The van der Waals surface area contributed by atoms with Gasteiger partial charge in [-0.1, -0.05) is 6.07 Å². The van der Waals surface area contributed by atoms with Gasteiger partial charge in [0.2, 0.25) is 0 Å². The molecule has 2 aromatic rings. The number of thiazole rings is 1. The first kappa shape index (κ1) is 13.8. The maximum absolute atomic E-state index is 12.5. The molecular formula is C15H14N2O3S. The first-order valence-electron chi connectivity index (χ1n) is 6.54. The number of aromatic nitrogens is 1. The fraction of sp³-hybridized carbons (Fsp3) is 0.267. The number of rotatable bonds is 2. The van der Waals surface area contributed by atoms with Crippen LogP contribution in [0.4, 0.5) is 0 Å². The van der Waals surface area contributed by atoms with E-state index in [-0.39, 0.29) is 11.5 Å². The third-order valence-corrected chi connectivity index (χ3v) is 4.62. The van der Waals surface area contributed by atoms with Crippen molar-refractivity contribution in [2.75, 3.05) is 0 Å². The Labute approximate surface area is 125 Å². The number of hydrogen-bond donors (Lipinski definition) is 1. The van der Waals surface area contributed by atoms with Gasteiger partial charge in [0.05, 0.1) is 16.3 Å². The number of amides is 1. The van der Waals surface area contributed by atoms with Crippen molar-refractivity contribution in [1.82, 2.24) is 9.88 Å². The van der Waals surface area contributed by atoms with Gasteiger partial charge in [-0.15, -0.1) is 11.3 Å². The molecule has 1 aromatic carbocycles. The molecule has 5 nitrogen and oxygen atoms in total. The van der Waals surface area contributed by atoms with E-state index >= 15 is 0 Å². The summed E-state index contributed by atoms with van der Waals surface area (Å²) in [5, 5.41) is 9.90. The third kappa shape index (κ3) is 2.42. The summed E-state index contributed by atoms with van der Waals surface area (Å²) in [4.78, 5) is 30.2. The van der Waals surface area contributed by atoms with Gasteiger partial charge in [0.1, 0.15) is 4.88 Å². The normalized spacial score (nSPS) is 13.3. The number of nitrogens with zero attached hydrogens (tertiary/aromatic N) is 2. The second kappa shape index (κ2) is 4.96. The molecule has 1 amide bonds. The van der Waals surface area contributed by atoms with Crippen molar-refractivity contribution < 1.29 is 14.7 Å². The number of aryl methyl sites for hydroxylation is 2. The maximum Gasteiger partial charge on any atom is 0.335 e. The van der Waals surface area contributed by atoms with Gasteiger partial charge in [-0.25, -0.2) is 9.78 Å². The zero-order valence-electron chi connectivity index (χ0n) is 11.7. The van der Waals surface area contributed by atoms with Crippen LogP contribution in [0.1, 0.15) is 41.9 Å². The van der Waals surface area contributed by atoms with Gasteiger partial charge in [0.25, 0.3) is 5.91 Å². The van der Waals surface area contributed by atoms with Crippen LogP contribution in [0.2, 0.25) is 0 Å². The summed E-state index contributed by atoms with van der Waals surface area (Å²) >= 11 is 1.40. The number of hydrogen-bond acceptors (Lipinski definition) is 4. The van der Waals surface area contributed by atoms with Gasteiger partial charge in [-0.2, -0.15) is 0 Å². The maximum atomic E-state index is 12.5. The predicted octanol–water partition coefficient (Wildman–Crippen LogP) is 2.61. The average Bonchev–Trinajstić information content (AvgIpc) is 2.99. The Bertz CT molecular complexity index is 751. The monoisotopic (exact) mass is 302 g/mol. The Morgan fingerprint density at radius 3 is 2.57 bits per heavy atom. The molecule has 0 saturated carbocycles. The highest BCUT2D eigenvalue weighted by atomic mass is 32.1. The summed E-state index contributed by atoms with van der Waals surface area (Å²) in [6.45, 7) is 4.69. The van der Waals surface area contributed by atoms with E-state index in [1.165, 1.54) is 11.3 Å². The van der Waals surface area contributed by atoms with Crippen LogP contribution in [0.3, 0.4) is 0 Å². The van der Waals surface area contributed by atoms with E-state index in [0.717, 1.165) is 21.8 Å². The first-order valence-corrected chi connectivity index (χ1v) is 7.36. The molecule has 6 heteroatoms. The quantitative estimate of drug-likeness (QED) is 0.925. The van der Waals surface area contributed by atoms with Gasteiger partial charge in [0.15, 0.2) is 0 Å². The molecule has 0 aliphatic carbocycles. The van der Waals surface area contributed by atoms with Crippen LogP contribution in [0.5, 0.6) is 0 Å². The topological polar surface area (TPSA) is 70.5 Å². The summed E-state index contributed by atoms with van der Waals surface area (Å²) in [6.07, 6.45) is 0. The number of carbonyl (C=O) groups excluding carboxylic acids is 1. The Hall–Kier alpha value is -2.21. The number of benzene rings is 1. The van der Waals surface area contributed by atoms with Crippen molar-refractivity contribution in [3.63, 3.8) is 0 Å². The highest BCUT2D eigenvalue weighted by Crippen LogP contribution is 2.28. The van der Waals surface area contributed by atoms with Crippen LogP contribution >= 0.6 is 11.3 Å². The highest BCUT2D eigenvalue weighted by Gasteiger charge is 2.27. The molecule has 108 valence electrons. The van der Waals surface area contributed by atoms with Crippen LogP contribution in [-0.2, 0) is 13.1 Å². The molecule has 0 unspecified atom stereocenters. The number of carboxylic acids is 1. The van der Waals surface area contributed by atoms with Crippen molar-refractivity contribution in [3.05, 3.63) is 50.5 Å². The van der Waals surface area contributed by atoms with Crippen LogP contribution in [0.25, 0.3) is 0 Å². The van der Waals surface area contributed by atoms with E-state index in [9.17, 15) is 9.59 Å². The third-order valence-electron chi connectivity index (χ3n) is 3.56. The number of carbonyl (C=O) groups is 2. The lowest BCUT2D eigenvalue weighted by Crippen LogP contribution is -2.25. The molecule has 1 aliphatic rings. The zero-order chi connectivity index (χ0) is 15.1. The molecule has 1 N–H and O–H groups in total. The number of fused-ring (bicyclic) bond motifs is 1. The van der Waals surface area contributed by atoms with Gasteiger partial charge < -0.3 is 10.0 Å². The second-order valence-corrected chi connectivity index (χ2v) is 6.30. The van der Waals surface area contributed by atoms with E-state index in [4.69, 9.17) is 5.11 Å². The lowest BCUT2D eigenvalue weighted by atomic mass is 10.1. The van der Waals surface area contributed by atoms with E-state index in [0.29, 0.717) is 18.0 Å².